The molecule has 4 heteroatoms. The van der Waals surface area contributed by atoms with Gasteiger partial charge in [-0.15, -0.1) is 0 Å². The van der Waals surface area contributed by atoms with Crippen molar-refractivity contribution in [3.8, 4) is 6.07 Å². The third-order valence-electron chi connectivity index (χ3n) is 3.30. The van der Waals surface area contributed by atoms with E-state index in [1.807, 2.05) is 25.1 Å². The van der Waals surface area contributed by atoms with Gasteiger partial charge in [0.15, 0.2) is 0 Å². The average molecular weight is 264 g/mol. The molecule has 1 atom stereocenters. The molecule has 2 rings (SSSR count). The lowest BCUT2D eigenvalue weighted by Crippen LogP contribution is -2.47. The summed E-state index contributed by atoms with van der Waals surface area (Å²) in [5.41, 5.74) is 1.19. The first-order valence-electron chi connectivity index (χ1n) is 6.31. The van der Waals surface area contributed by atoms with Gasteiger partial charge in [-0.2, -0.15) is 5.26 Å². The van der Waals surface area contributed by atoms with Crippen LogP contribution in [0.15, 0.2) is 24.3 Å². The fraction of sp³-hybridized carbons (Fsp3) is 0.500. The first-order chi connectivity index (χ1) is 8.69. The number of piperazine rings is 1. The molecule has 1 unspecified atom stereocenters. The van der Waals surface area contributed by atoms with Crippen molar-refractivity contribution in [1.29, 1.82) is 5.26 Å². The average Bonchev–Trinajstić information content (AvgIpc) is 2.39. The Bertz CT molecular complexity index is 433. The highest BCUT2D eigenvalue weighted by molar-refractivity contribution is 6.30. The summed E-state index contributed by atoms with van der Waals surface area (Å²) in [5.74, 6) is 0.114. The molecule has 3 nitrogen and oxygen atoms in total. The van der Waals surface area contributed by atoms with Crippen LogP contribution < -0.4 is 4.90 Å². The number of hydrogen-bond acceptors (Lipinski definition) is 3. The molecule has 96 valence electrons. The quantitative estimate of drug-likeness (QED) is 0.840. The molecule has 0 saturated carbocycles. The van der Waals surface area contributed by atoms with Gasteiger partial charge in [0.2, 0.25) is 0 Å². The number of halogens is 1. The standard InChI is InChI=1S/C14H18ClN3/c1-12(10-16)11-17-5-7-18(8-6-17)14-4-2-3-13(15)9-14/h2-4,9,12H,5-8,11H2,1H3. The molecule has 0 spiro atoms. The Balaban J connectivity index is 1.89. The number of hydrogen-bond donors (Lipinski definition) is 0. The third-order valence-corrected chi connectivity index (χ3v) is 3.53. The van der Waals surface area contributed by atoms with Crippen molar-refractivity contribution in [3.05, 3.63) is 29.3 Å². The highest BCUT2D eigenvalue weighted by Crippen LogP contribution is 2.20. The molecule has 1 heterocycles. The normalized spacial score (nSPS) is 18.4. The molecule has 0 N–H and O–H groups in total. The first kappa shape index (κ1) is 13.2. The molecule has 0 bridgehead atoms. The predicted octanol–water partition coefficient (Wildman–Crippen LogP) is 2.62. The van der Waals surface area contributed by atoms with Gasteiger partial charge in [-0.1, -0.05) is 17.7 Å². The largest absolute Gasteiger partial charge is 0.369 e. The number of nitriles is 1. The van der Waals surface area contributed by atoms with Crippen LogP contribution >= 0.6 is 11.6 Å². The summed E-state index contributed by atoms with van der Waals surface area (Å²) in [7, 11) is 0. The van der Waals surface area contributed by atoms with E-state index in [9.17, 15) is 0 Å². The Kier molecular flexibility index (Phi) is 4.46. The number of nitrogens with zero attached hydrogens (tertiary/aromatic N) is 3. The zero-order chi connectivity index (χ0) is 13.0. The SMILES string of the molecule is CC(C#N)CN1CCN(c2cccc(Cl)c2)CC1. The fourth-order valence-electron chi connectivity index (χ4n) is 2.29. The number of rotatable bonds is 3. The monoisotopic (exact) mass is 263 g/mol. The maximum atomic E-state index is 8.82. The Labute approximate surface area is 114 Å². The van der Waals surface area contributed by atoms with Crippen molar-refractivity contribution in [1.82, 2.24) is 4.90 Å². The lowest BCUT2D eigenvalue weighted by Gasteiger charge is -2.36. The molecule has 18 heavy (non-hydrogen) atoms. The summed E-state index contributed by atoms with van der Waals surface area (Å²) in [4.78, 5) is 4.70. The van der Waals surface area contributed by atoms with Crippen LogP contribution in [0.4, 0.5) is 5.69 Å². The smallest absolute Gasteiger partial charge is 0.0666 e. The maximum Gasteiger partial charge on any atom is 0.0666 e. The van der Waals surface area contributed by atoms with Crippen LogP contribution in [0.2, 0.25) is 5.02 Å². The van der Waals surface area contributed by atoms with Crippen molar-refractivity contribution < 1.29 is 0 Å². The van der Waals surface area contributed by atoms with Gasteiger partial charge >= 0.3 is 0 Å². The fourth-order valence-corrected chi connectivity index (χ4v) is 2.47. The molecule has 1 saturated heterocycles. The molecular weight excluding hydrogens is 246 g/mol. The highest BCUT2D eigenvalue weighted by Gasteiger charge is 2.18. The van der Waals surface area contributed by atoms with Crippen LogP contribution in [0.1, 0.15) is 6.92 Å². The van der Waals surface area contributed by atoms with Gasteiger partial charge in [-0.05, 0) is 25.1 Å². The van der Waals surface area contributed by atoms with Crippen molar-refractivity contribution in [2.45, 2.75) is 6.92 Å². The van der Waals surface area contributed by atoms with Gasteiger partial charge < -0.3 is 4.90 Å². The number of benzene rings is 1. The summed E-state index contributed by atoms with van der Waals surface area (Å²) in [6, 6.07) is 10.3. The van der Waals surface area contributed by atoms with Gasteiger partial charge in [-0.3, -0.25) is 4.90 Å². The van der Waals surface area contributed by atoms with Crippen LogP contribution in [-0.2, 0) is 0 Å². The van der Waals surface area contributed by atoms with Gasteiger partial charge in [0.05, 0.1) is 12.0 Å². The molecule has 0 radical (unpaired) electrons. The minimum absolute atomic E-state index is 0.114. The van der Waals surface area contributed by atoms with E-state index in [2.05, 4.69) is 21.9 Å². The summed E-state index contributed by atoms with van der Waals surface area (Å²) in [6.45, 7) is 6.87. The van der Waals surface area contributed by atoms with Crippen molar-refractivity contribution >= 4 is 17.3 Å². The molecule has 1 aromatic rings. The molecule has 0 aliphatic carbocycles. The third kappa shape index (κ3) is 3.38. The molecule has 0 amide bonds. The molecule has 1 aliphatic heterocycles. The lowest BCUT2D eigenvalue weighted by molar-refractivity contribution is 0.241. The minimum atomic E-state index is 0.114. The van der Waals surface area contributed by atoms with Gasteiger partial charge in [-0.25, -0.2) is 0 Å². The topological polar surface area (TPSA) is 30.3 Å². The molecular formula is C14H18ClN3. The highest BCUT2D eigenvalue weighted by atomic mass is 35.5. The van der Waals surface area contributed by atoms with Crippen LogP contribution in [0, 0.1) is 17.2 Å². The van der Waals surface area contributed by atoms with Gasteiger partial charge in [0.25, 0.3) is 0 Å². The van der Waals surface area contributed by atoms with E-state index >= 15 is 0 Å². The molecule has 1 aliphatic rings. The Morgan fingerprint density at radius 3 is 2.67 bits per heavy atom. The first-order valence-corrected chi connectivity index (χ1v) is 6.69. The second-order valence-electron chi connectivity index (χ2n) is 4.80. The summed E-state index contributed by atoms with van der Waals surface area (Å²) in [5, 5.41) is 9.61. The van der Waals surface area contributed by atoms with Crippen LogP contribution in [0.3, 0.4) is 0 Å². The number of anilines is 1. The minimum Gasteiger partial charge on any atom is -0.369 e. The molecule has 0 aromatic heterocycles. The summed E-state index contributed by atoms with van der Waals surface area (Å²) < 4.78 is 0. The van der Waals surface area contributed by atoms with Crippen molar-refractivity contribution in [3.63, 3.8) is 0 Å². The Hall–Kier alpha value is -1.24. The van der Waals surface area contributed by atoms with E-state index in [1.165, 1.54) is 5.69 Å². The summed E-state index contributed by atoms with van der Waals surface area (Å²) in [6.07, 6.45) is 0. The molecule has 1 aromatic carbocycles. The second kappa shape index (κ2) is 6.08. The second-order valence-corrected chi connectivity index (χ2v) is 5.23. The van der Waals surface area contributed by atoms with E-state index in [0.717, 1.165) is 37.7 Å². The molecule has 1 fully saturated rings. The zero-order valence-electron chi connectivity index (χ0n) is 10.6. The van der Waals surface area contributed by atoms with Crippen LogP contribution in [0.25, 0.3) is 0 Å². The van der Waals surface area contributed by atoms with Crippen LogP contribution in [0.5, 0.6) is 0 Å². The van der Waals surface area contributed by atoms with E-state index in [4.69, 9.17) is 16.9 Å². The van der Waals surface area contributed by atoms with Crippen molar-refractivity contribution in [2.24, 2.45) is 5.92 Å². The van der Waals surface area contributed by atoms with Gasteiger partial charge in [0, 0.05) is 43.4 Å². The maximum absolute atomic E-state index is 8.82. The Morgan fingerprint density at radius 1 is 1.33 bits per heavy atom. The van der Waals surface area contributed by atoms with E-state index < -0.39 is 0 Å². The Morgan fingerprint density at radius 2 is 2.06 bits per heavy atom. The summed E-state index contributed by atoms with van der Waals surface area (Å²) >= 11 is 6.01. The lowest BCUT2D eigenvalue weighted by atomic mass is 10.1. The zero-order valence-corrected chi connectivity index (χ0v) is 11.4. The predicted molar refractivity (Wildman–Crippen MR) is 74.9 cm³/mol. The van der Waals surface area contributed by atoms with Crippen molar-refractivity contribution in [2.75, 3.05) is 37.6 Å². The van der Waals surface area contributed by atoms with E-state index in [0.29, 0.717) is 0 Å². The van der Waals surface area contributed by atoms with E-state index in [1.54, 1.807) is 0 Å². The van der Waals surface area contributed by atoms with E-state index in [-0.39, 0.29) is 5.92 Å². The van der Waals surface area contributed by atoms with Gasteiger partial charge in [0.1, 0.15) is 0 Å². The van der Waals surface area contributed by atoms with Crippen LogP contribution in [-0.4, -0.2) is 37.6 Å².